The number of amides is 1. The van der Waals surface area contributed by atoms with Crippen LogP contribution in [0.4, 0.5) is 5.69 Å². The molecule has 2 aromatic carbocycles. The number of ether oxygens (including phenoxy) is 1. The predicted octanol–water partition coefficient (Wildman–Crippen LogP) is 2.95. The average Bonchev–Trinajstić information content (AvgIpc) is 2.68. The van der Waals surface area contributed by atoms with Crippen molar-refractivity contribution in [2.45, 2.75) is 31.8 Å². The molecule has 0 saturated heterocycles. The Morgan fingerprint density at radius 3 is 2.38 bits per heavy atom. The molecule has 8 heteroatoms. The Bertz CT molecular complexity index is 1010. The molecular formula is C21H24N2O5S. The van der Waals surface area contributed by atoms with Gasteiger partial charge in [-0.1, -0.05) is 23.8 Å². The number of aryl methyl sites for hydroxylation is 2. The molecule has 0 bridgehead atoms. The maximum absolute atomic E-state index is 12.3. The minimum absolute atomic E-state index is 0.0107. The highest BCUT2D eigenvalue weighted by Gasteiger charge is 2.20. The number of carbonyl (C=O) groups is 2. The lowest BCUT2D eigenvalue weighted by atomic mass is 10.1. The molecule has 0 saturated carbocycles. The zero-order chi connectivity index (χ0) is 21.6. The predicted molar refractivity (Wildman–Crippen MR) is 111 cm³/mol. The molecule has 0 fully saturated rings. The van der Waals surface area contributed by atoms with Gasteiger partial charge in [-0.15, -0.1) is 6.58 Å². The molecule has 2 N–H and O–H groups in total. The van der Waals surface area contributed by atoms with Crippen molar-refractivity contribution in [3.05, 3.63) is 71.8 Å². The number of hydrogen-bond donors (Lipinski definition) is 2. The van der Waals surface area contributed by atoms with Gasteiger partial charge >= 0.3 is 5.97 Å². The van der Waals surface area contributed by atoms with E-state index in [-0.39, 0.29) is 17.0 Å². The van der Waals surface area contributed by atoms with E-state index in [1.165, 1.54) is 37.3 Å². The van der Waals surface area contributed by atoms with Gasteiger partial charge in [0, 0.05) is 12.2 Å². The number of hydrogen-bond acceptors (Lipinski definition) is 5. The quantitative estimate of drug-likeness (QED) is 0.509. The summed E-state index contributed by atoms with van der Waals surface area (Å²) in [6, 6.07) is 10.9. The molecule has 0 aromatic heterocycles. The zero-order valence-corrected chi connectivity index (χ0v) is 17.4. The lowest BCUT2D eigenvalue weighted by molar-refractivity contribution is -0.123. The number of anilines is 1. The fourth-order valence-corrected chi connectivity index (χ4v) is 3.49. The number of carbonyl (C=O) groups excluding carboxylic acids is 2. The number of sulfonamides is 1. The van der Waals surface area contributed by atoms with E-state index in [1.807, 2.05) is 26.0 Å². The van der Waals surface area contributed by atoms with Gasteiger partial charge in [0.25, 0.3) is 5.91 Å². The molecule has 0 aliphatic carbocycles. The Labute approximate surface area is 170 Å². The maximum atomic E-state index is 12.3. The van der Waals surface area contributed by atoms with Gasteiger partial charge in [-0.05, 0) is 56.7 Å². The smallest absolute Gasteiger partial charge is 0.338 e. The molecule has 0 radical (unpaired) electrons. The minimum Gasteiger partial charge on any atom is -0.449 e. The van der Waals surface area contributed by atoms with Crippen molar-refractivity contribution in [2.75, 3.05) is 11.9 Å². The van der Waals surface area contributed by atoms with Crippen LogP contribution >= 0.6 is 0 Å². The lowest BCUT2D eigenvalue weighted by Gasteiger charge is -2.15. The second-order valence-electron chi connectivity index (χ2n) is 6.52. The van der Waals surface area contributed by atoms with Crippen molar-refractivity contribution >= 4 is 27.6 Å². The van der Waals surface area contributed by atoms with E-state index in [2.05, 4.69) is 16.6 Å². The largest absolute Gasteiger partial charge is 0.449 e. The Morgan fingerprint density at radius 2 is 1.79 bits per heavy atom. The molecule has 0 unspecified atom stereocenters. The van der Waals surface area contributed by atoms with Crippen molar-refractivity contribution in [1.82, 2.24) is 4.72 Å². The summed E-state index contributed by atoms with van der Waals surface area (Å²) in [5, 5.41) is 2.73. The van der Waals surface area contributed by atoms with Crippen LogP contribution in [-0.2, 0) is 19.6 Å². The van der Waals surface area contributed by atoms with Crippen LogP contribution in [0.15, 0.2) is 60.0 Å². The molecule has 1 amide bonds. The van der Waals surface area contributed by atoms with E-state index in [0.717, 1.165) is 11.1 Å². The zero-order valence-electron chi connectivity index (χ0n) is 16.6. The van der Waals surface area contributed by atoms with Crippen LogP contribution in [0.5, 0.6) is 0 Å². The Morgan fingerprint density at radius 1 is 1.14 bits per heavy atom. The summed E-state index contributed by atoms with van der Waals surface area (Å²) in [6.45, 7) is 8.84. The average molecular weight is 416 g/mol. The van der Waals surface area contributed by atoms with Crippen LogP contribution in [0.1, 0.15) is 28.4 Å². The van der Waals surface area contributed by atoms with Crippen LogP contribution < -0.4 is 10.0 Å². The Hall–Kier alpha value is -2.97. The summed E-state index contributed by atoms with van der Waals surface area (Å²) in [5.41, 5.74) is 2.76. The first-order valence-corrected chi connectivity index (χ1v) is 10.4. The van der Waals surface area contributed by atoms with Gasteiger partial charge < -0.3 is 10.1 Å². The van der Waals surface area contributed by atoms with Gasteiger partial charge in [0.05, 0.1) is 10.5 Å². The van der Waals surface area contributed by atoms with Crippen LogP contribution in [0.25, 0.3) is 0 Å². The summed E-state index contributed by atoms with van der Waals surface area (Å²) in [7, 11) is -3.68. The maximum Gasteiger partial charge on any atom is 0.338 e. The van der Waals surface area contributed by atoms with E-state index in [0.29, 0.717) is 5.69 Å². The first kappa shape index (κ1) is 22.3. The van der Waals surface area contributed by atoms with Crippen molar-refractivity contribution in [1.29, 1.82) is 0 Å². The number of esters is 1. The second kappa shape index (κ2) is 9.49. The number of benzene rings is 2. The molecule has 154 valence electrons. The first-order chi connectivity index (χ1) is 13.6. The van der Waals surface area contributed by atoms with E-state index >= 15 is 0 Å². The molecule has 0 heterocycles. The van der Waals surface area contributed by atoms with Crippen LogP contribution in [0.2, 0.25) is 0 Å². The highest BCUT2D eigenvalue weighted by atomic mass is 32.2. The third kappa shape index (κ3) is 6.00. The van der Waals surface area contributed by atoms with Gasteiger partial charge in [0.2, 0.25) is 10.0 Å². The standard InChI is InChI=1S/C21H24N2O5S/c1-5-12-22-29(26,27)18-9-7-17(8-10-18)21(25)28-16(4)20(24)23-19-11-6-14(2)13-15(19)3/h5-11,13,16,22H,1,12H2,2-4H3,(H,23,24)/t16-/m0/s1. The molecule has 7 nitrogen and oxygen atoms in total. The van der Waals surface area contributed by atoms with Crippen LogP contribution in [0, 0.1) is 13.8 Å². The molecule has 0 spiro atoms. The monoisotopic (exact) mass is 416 g/mol. The van der Waals surface area contributed by atoms with Gasteiger partial charge in [0.15, 0.2) is 6.10 Å². The second-order valence-corrected chi connectivity index (χ2v) is 8.29. The fraction of sp³-hybridized carbons (Fsp3) is 0.238. The third-order valence-electron chi connectivity index (χ3n) is 4.11. The van der Waals surface area contributed by atoms with Crippen LogP contribution in [-0.4, -0.2) is 32.9 Å². The van der Waals surface area contributed by atoms with Gasteiger partial charge in [-0.2, -0.15) is 0 Å². The van der Waals surface area contributed by atoms with E-state index < -0.39 is 28.0 Å². The van der Waals surface area contributed by atoms with Gasteiger partial charge in [-0.25, -0.2) is 17.9 Å². The van der Waals surface area contributed by atoms with E-state index in [1.54, 1.807) is 6.07 Å². The van der Waals surface area contributed by atoms with Crippen molar-refractivity contribution < 1.29 is 22.7 Å². The van der Waals surface area contributed by atoms with Crippen molar-refractivity contribution in [2.24, 2.45) is 0 Å². The number of rotatable bonds is 8. The molecule has 29 heavy (non-hydrogen) atoms. The number of nitrogens with one attached hydrogen (secondary N) is 2. The topological polar surface area (TPSA) is 102 Å². The van der Waals surface area contributed by atoms with Gasteiger partial charge in [0.1, 0.15) is 0 Å². The molecule has 0 aliphatic rings. The highest BCUT2D eigenvalue weighted by molar-refractivity contribution is 7.89. The minimum atomic E-state index is -3.68. The Kier molecular flexibility index (Phi) is 7.30. The normalized spacial score (nSPS) is 12.1. The molecule has 2 rings (SSSR count). The van der Waals surface area contributed by atoms with Crippen molar-refractivity contribution in [3.8, 4) is 0 Å². The van der Waals surface area contributed by atoms with Crippen LogP contribution in [0.3, 0.4) is 0 Å². The summed E-state index contributed by atoms with van der Waals surface area (Å²) >= 11 is 0. The van der Waals surface area contributed by atoms with E-state index in [4.69, 9.17) is 4.74 Å². The van der Waals surface area contributed by atoms with E-state index in [9.17, 15) is 18.0 Å². The summed E-state index contributed by atoms with van der Waals surface area (Å²) < 4.78 is 31.6. The highest BCUT2D eigenvalue weighted by Crippen LogP contribution is 2.17. The summed E-state index contributed by atoms with van der Waals surface area (Å²) in [4.78, 5) is 24.6. The molecule has 1 atom stereocenters. The fourth-order valence-electron chi connectivity index (χ4n) is 2.49. The molecular weight excluding hydrogens is 392 g/mol. The summed E-state index contributed by atoms with van der Waals surface area (Å²) in [6.07, 6.45) is 0.397. The third-order valence-corrected chi connectivity index (χ3v) is 5.55. The van der Waals surface area contributed by atoms with Crippen molar-refractivity contribution in [3.63, 3.8) is 0 Å². The SMILES string of the molecule is C=CCNS(=O)(=O)c1ccc(C(=O)O[C@@H](C)C(=O)Nc2ccc(C)cc2C)cc1. The first-order valence-electron chi connectivity index (χ1n) is 8.94. The summed E-state index contributed by atoms with van der Waals surface area (Å²) in [5.74, 6) is -1.19. The lowest BCUT2D eigenvalue weighted by Crippen LogP contribution is -2.30. The molecule has 2 aromatic rings. The van der Waals surface area contributed by atoms with Gasteiger partial charge in [-0.3, -0.25) is 4.79 Å². The Balaban J connectivity index is 2.01. The molecule has 0 aliphatic heterocycles.